The van der Waals surface area contributed by atoms with Gasteiger partial charge in [-0.15, -0.1) is 0 Å². The molecular weight excluding hydrogens is 124 g/mol. The Morgan fingerprint density at radius 3 is 1.90 bits per heavy atom. The Balaban J connectivity index is 0. The monoisotopic (exact) mass is 140 g/mol. The summed E-state index contributed by atoms with van der Waals surface area (Å²) >= 11 is 0. The molecule has 0 saturated heterocycles. The van der Waals surface area contributed by atoms with Crippen molar-refractivity contribution in [3.8, 4) is 0 Å². The van der Waals surface area contributed by atoms with Gasteiger partial charge in [0, 0.05) is 0 Å². The minimum absolute atomic E-state index is 0.736. The van der Waals surface area contributed by atoms with Crippen LogP contribution in [0.2, 0.25) is 0 Å². The third kappa shape index (κ3) is 7.02. The number of hydrogen-bond acceptors (Lipinski definition) is 1. The van der Waals surface area contributed by atoms with Crippen molar-refractivity contribution in [2.75, 3.05) is 7.11 Å². The van der Waals surface area contributed by atoms with Gasteiger partial charge in [0.2, 0.25) is 0 Å². The first-order valence-electron chi connectivity index (χ1n) is 3.34. The molecule has 0 aromatic carbocycles. The first-order valence-corrected chi connectivity index (χ1v) is 3.34. The van der Waals surface area contributed by atoms with E-state index in [0.29, 0.717) is 0 Å². The lowest BCUT2D eigenvalue weighted by molar-refractivity contribution is 0.307. The molecule has 0 aromatic heterocycles. The summed E-state index contributed by atoms with van der Waals surface area (Å²) in [5.41, 5.74) is 0. The van der Waals surface area contributed by atoms with Crippen LogP contribution in [0.15, 0.2) is 37.1 Å². The van der Waals surface area contributed by atoms with Gasteiger partial charge in [-0.2, -0.15) is 0 Å². The second-order valence-electron chi connectivity index (χ2n) is 1.21. The van der Waals surface area contributed by atoms with Crippen molar-refractivity contribution in [1.29, 1.82) is 0 Å². The van der Waals surface area contributed by atoms with Crippen LogP contribution in [-0.2, 0) is 4.74 Å². The molecule has 0 aliphatic carbocycles. The molecule has 0 N–H and O–H groups in total. The van der Waals surface area contributed by atoms with Crippen LogP contribution in [0, 0.1) is 0 Å². The Morgan fingerprint density at radius 1 is 1.30 bits per heavy atom. The predicted molar refractivity (Wildman–Crippen MR) is 46.8 cm³/mol. The van der Waals surface area contributed by atoms with Crippen molar-refractivity contribution in [2.24, 2.45) is 0 Å². The van der Waals surface area contributed by atoms with Crippen molar-refractivity contribution in [3.63, 3.8) is 0 Å². The lowest BCUT2D eigenvalue weighted by atomic mass is 10.4. The zero-order valence-electron chi connectivity index (χ0n) is 7.05. The molecule has 1 nitrogen and oxygen atoms in total. The molecule has 0 aromatic rings. The van der Waals surface area contributed by atoms with Gasteiger partial charge in [-0.25, -0.2) is 0 Å². The summed E-state index contributed by atoms with van der Waals surface area (Å²) in [6, 6.07) is 0. The average molecular weight is 140 g/mol. The highest BCUT2D eigenvalue weighted by molar-refractivity contribution is 5.14. The van der Waals surface area contributed by atoms with Gasteiger partial charge in [0.15, 0.2) is 0 Å². The molecule has 58 valence electrons. The normalized spacial score (nSPS) is 8.90. The Kier molecular flexibility index (Phi) is 12.8. The van der Waals surface area contributed by atoms with E-state index >= 15 is 0 Å². The zero-order chi connectivity index (χ0) is 8.41. The largest absolute Gasteiger partial charge is 0.497 e. The molecule has 0 spiro atoms. The number of allylic oxidation sites excluding steroid dienone is 3. The molecule has 0 amide bonds. The Hall–Kier alpha value is -0.980. The van der Waals surface area contributed by atoms with Crippen LogP contribution in [0.3, 0.4) is 0 Å². The summed E-state index contributed by atoms with van der Waals surface area (Å²) in [4.78, 5) is 0. The van der Waals surface area contributed by atoms with E-state index in [9.17, 15) is 0 Å². The molecule has 0 unspecified atom stereocenters. The first-order chi connectivity index (χ1) is 4.85. The molecule has 0 aliphatic heterocycles. The van der Waals surface area contributed by atoms with Gasteiger partial charge < -0.3 is 4.74 Å². The van der Waals surface area contributed by atoms with Crippen molar-refractivity contribution in [3.05, 3.63) is 37.1 Å². The van der Waals surface area contributed by atoms with Crippen LogP contribution in [0.1, 0.15) is 13.8 Å². The second-order valence-corrected chi connectivity index (χ2v) is 1.21. The predicted octanol–water partition coefficient (Wildman–Crippen LogP) is 2.91. The van der Waals surface area contributed by atoms with E-state index in [1.54, 1.807) is 25.3 Å². The molecule has 0 radical (unpaired) electrons. The van der Waals surface area contributed by atoms with E-state index in [1.807, 2.05) is 13.8 Å². The highest BCUT2D eigenvalue weighted by Crippen LogP contribution is 1.93. The van der Waals surface area contributed by atoms with Gasteiger partial charge in [0.25, 0.3) is 0 Å². The van der Waals surface area contributed by atoms with Crippen molar-refractivity contribution in [1.82, 2.24) is 0 Å². The van der Waals surface area contributed by atoms with Crippen LogP contribution in [0.4, 0.5) is 0 Å². The second kappa shape index (κ2) is 10.9. The van der Waals surface area contributed by atoms with Gasteiger partial charge in [-0.05, 0) is 12.2 Å². The summed E-state index contributed by atoms with van der Waals surface area (Å²) in [5.74, 6) is 0.736. The van der Waals surface area contributed by atoms with Crippen LogP contribution < -0.4 is 0 Å². The van der Waals surface area contributed by atoms with Crippen LogP contribution in [0.25, 0.3) is 0 Å². The SMILES string of the molecule is C=C/C=C(\C=C)OC.CC. The number of ether oxygens (including phenoxy) is 1. The third-order valence-corrected chi connectivity index (χ3v) is 0.719. The van der Waals surface area contributed by atoms with Gasteiger partial charge in [-0.1, -0.05) is 33.1 Å². The van der Waals surface area contributed by atoms with E-state index in [2.05, 4.69) is 13.2 Å². The Labute approximate surface area is 63.7 Å². The maximum absolute atomic E-state index is 4.81. The standard InChI is InChI=1S/C7H10O.C2H6/c1-4-6-7(5-2)8-3;1-2/h4-6H,1-2H2,3H3;1-2H3/b7-6+;. The maximum Gasteiger partial charge on any atom is 0.118 e. The molecule has 0 aliphatic rings. The summed E-state index contributed by atoms with van der Waals surface area (Å²) in [6.45, 7) is 11.0. The number of hydrogen-bond donors (Lipinski definition) is 0. The summed E-state index contributed by atoms with van der Waals surface area (Å²) in [5, 5.41) is 0. The molecule has 0 atom stereocenters. The van der Waals surface area contributed by atoms with E-state index in [1.165, 1.54) is 0 Å². The number of rotatable bonds is 3. The van der Waals surface area contributed by atoms with Gasteiger partial charge in [0.05, 0.1) is 7.11 Å². The molecule has 0 saturated carbocycles. The summed E-state index contributed by atoms with van der Waals surface area (Å²) in [7, 11) is 1.59. The minimum atomic E-state index is 0.736. The quantitative estimate of drug-likeness (QED) is 0.432. The minimum Gasteiger partial charge on any atom is -0.497 e. The van der Waals surface area contributed by atoms with Crippen LogP contribution in [-0.4, -0.2) is 7.11 Å². The molecule has 0 fully saturated rings. The smallest absolute Gasteiger partial charge is 0.118 e. The van der Waals surface area contributed by atoms with E-state index in [0.717, 1.165) is 5.76 Å². The van der Waals surface area contributed by atoms with Crippen molar-refractivity contribution < 1.29 is 4.74 Å². The summed E-state index contributed by atoms with van der Waals surface area (Å²) in [6.07, 6.45) is 5.02. The lowest BCUT2D eigenvalue weighted by Crippen LogP contribution is -1.77. The Bertz CT molecular complexity index is 112. The molecular formula is C9H16O. The lowest BCUT2D eigenvalue weighted by Gasteiger charge is -1.94. The highest BCUT2D eigenvalue weighted by atomic mass is 16.5. The van der Waals surface area contributed by atoms with Crippen LogP contribution >= 0.6 is 0 Å². The first kappa shape index (κ1) is 11.8. The van der Waals surface area contributed by atoms with Gasteiger partial charge >= 0.3 is 0 Å². The highest BCUT2D eigenvalue weighted by Gasteiger charge is 1.79. The average Bonchev–Trinajstić information content (AvgIpc) is 2.04. The number of methoxy groups -OCH3 is 1. The summed E-state index contributed by atoms with van der Waals surface area (Å²) < 4.78 is 4.81. The molecule has 10 heavy (non-hydrogen) atoms. The fourth-order valence-corrected chi connectivity index (χ4v) is 0.336. The fourth-order valence-electron chi connectivity index (χ4n) is 0.336. The molecule has 0 rings (SSSR count). The Morgan fingerprint density at radius 2 is 1.80 bits per heavy atom. The van der Waals surface area contributed by atoms with Gasteiger partial charge in [0.1, 0.15) is 5.76 Å². The van der Waals surface area contributed by atoms with Crippen LogP contribution in [0.5, 0.6) is 0 Å². The van der Waals surface area contributed by atoms with E-state index in [-0.39, 0.29) is 0 Å². The molecule has 0 heterocycles. The topological polar surface area (TPSA) is 9.23 Å². The maximum atomic E-state index is 4.81. The fraction of sp³-hybridized carbons (Fsp3) is 0.333. The van der Waals surface area contributed by atoms with Crippen molar-refractivity contribution >= 4 is 0 Å². The zero-order valence-corrected chi connectivity index (χ0v) is 7.05. The van der Waals surface area contributed by atoms with E-state index < -0.39 is 0 Å². The third-order valence-electron chi connectivity index (χ3n) is 0.719. The van der Waals surface area contributed by atoms with E-state index in [4.69, 9.17) is 4.74 Å². The van der Waals surface area contributed by atoms with Gasteiger partial charge in [-0.3, -0.25) is 0 Å². The molecule has 0 bridgehead atoms. The van der Waals surface area contributed by atoms with Crippen molar-refractivity contribution in [2.45, 2.75) is 13.8 Å². The molecule has 1 heteroatoms.